The molecule has 2 aromatic rings. The number of hydrogen-bond donors (Lipinski definition) is 2. The average Bonchev–Trinajstić information content (AvgIpc) is 3.12. The number of thiophene rings is 1. The molecule has 0 aliphatic carbocycles. The molecule has 1 aromatic carbocycles. The highest BCUT2D eigenvalue weighted by atomic mass is 32.1. The van der Waals surface area contributed by atoms with Gasteiger partial charge in [0, 0.05) is 23.9 Å². The largest absolute Gasteiger partial charge is 0.357 e. The predicted molar refractivity (Wildman–Crippen MR) is 96.7 cm³/mol. The minimum Gasteiger partial charge on any atom is -0.357 e. The summed E-state index contributed by atoms with van der Waals surface area (Å²) in [5, 5.41) is 17.7. The van der Waals surface area contributed by atoms with Crippen molar-refractivity contribution in [3.8, 4) is 6.07 Å². The molecule has 2 N–H and O–H groups in total. The third kappa shape index (κ3) is 5.42. The second kappa shape index (κ2) is 8.96. The van der Waals surface area contributed by atoms with E-state index in [9.17, 15) is 0 Å². The van der Waals surface area contributed by atoms with Gasteiger partial charge >= 0.3 is 0 Å². The van der Waals surface area contributed by atoms with Gasteiger partial charge in [-0.05, 0) is 36.1 Å². The van der Waals surface area contributed by atoms with Crippen LogP contribution in [0.1, 0.15) is 35.8 Å². The maximum absolute atomic E-state index is 8.95. The van der Waals surface area contributed by atoms with Crippen LogP contribution in [0.4, 0.5) is 0 Å². The summed E-state index contributed by atoms with van der Waals surface area (Å²) in [6.45, 7) is 6.47. The zero-order valence-electron chi connectivity index (χ0n) is 13.5. The summed E-state index contributed by atoms with van der Waals surface area (Å²) in [4.78, 5) is 5.97. The smallest absolute Gasteiger partial charge is 0.191 e. The normalized spacial score (nSPS) is 12.5. The molecule has 0 saturated heterocycles. The van der Waals surface area contributed by atoms with Crippen molar-refractivity contribution >= 4 is 17.3 Å². The molecule has 0 fully saturated rings. The Hall–Kier alpha value is -2.32. The SMILES string of the molecule is CCNC(=NCc1cccc(C#N)c1)NCC(C)c1cccs1. The maximum atomic E-state index is 8.95. The van der Waals surface area contributed by atoms with Crippen molar-refractivity contribution in [1.82, 2.24) is 10.6 Å². The summed E-state index contributed by atoms with van der Waals surface area (Å²) >= 11 is 1.78. The Kier molecular flexibility index (Phi) is 6.64. The van der Waals surface area contributed by atoms with Gasteiger partial charge < -0.3 is 10.6 Å². The highest BCUT2D eigenvalue weighted by Gasteiger charge is 2.07. The van der Waals surface area contributed by atoms with E-state index in [1.54, 1.807) is 17.4 Å². The van der Waals surface area contributed by atoms with Crippen LogP contribution in [0.3, 0.4) is 0 Å². The summed E-state index contributed by atoms with van der Waals surface area (Å²) in [5.74, 6) is 1.25. The monoisotopic (exact) mass is 326 g/mol. The fourth-order valence-electron chi connectivity index (χ4n) is 2.17. The van der Waals surface area contributed by atoms with E-state index in [2.05, 4.69) is 53.1 Å². The minimum atomic E-state index is 0.445. The van der Waals surface area contributed by atoms with Crippen LogP contribution in [0.5, 0.6) is 0 Å². The number of nitrogens with one attached hydrogen (secondary N) is 2. The van der Waals surface area contributed by atoms with E-state index in [-0.39, 0.29) is 0 Å². The number of guanidine groups is 1. The predicted octanol–water partition coefficient (Wildman–Crippen LogP) is 3.48. The van der Waals surface area contributed by atoms with Crippen LogP contribution in [0.15, 0.2) is 46.8 Å². The highest BCUT2D eigenvalue weighted by Crippen LogP contribution is 2.19. The van der Waals surface area contributed by atoms with Crippen LogP contribution in [0.25, 0.3) is 0 Å². The first-order valence-electron chi connectivity index (χ1n) is 7.77. The third-order valence-electron chi connectivity index (χ3n) is 3.42. The van der Waals surface area contributed by atoms with Crippen molar-refractivity contribution < 1.29 is 0 Å². The van der Waals surface area contributed by atoms with E-state index in [1.807, 2.05) is 18.2 Å². The lowest BCUT2D eigenvalue weighted by Gasteiger charge is -2.15. The average molecular weight is 326 g/mol. The fraction of sp³-hybridized carbons (Fsp3) is 0.333. The minimum absolute atomic E-state index is 0.445. The Morgan fingerprint density at radius 1 is 1.30 bits per heavy atom. The molecule has 5 heteroatoms. The first kappa shape index (κ1) is 17.0. The van der Waals surface area contributed by atoms with Crippen LogP contribution in [-0.4, -0.2) is 19.0 Å². The number of aliphatic imine (C=N–C) groups is 1. The van der Waals surface area contributed by atoms with Crippen LogP contribution in [0.2, 0.25) is 0 Å². The van der Waals surface area contributed by atoms with Gasteiger partial charge in [0.05, 0.1) is 18.2 Å². The highest BCUT2D eigenvalue weighted by molar-refractivity contribution is 7.10. The molecule has 2 rings (SSSR count). The first-order chi connectivity index (χ1) is 11.2. The molecule has 0 aliphatic heterocycles. The Labute approximate surface area is 141 Å². The molecule has 1 atom stereocenters. The molecule has 1 unspecified atom stereocenters. The first-order valence-corrected chi connectivity index (χ1v) is 8.65. The van der Waals surface area contributed by atoms with Crippen LogP contribution < -0.4 is 10.6 Å². The lowest BCUT2D eigenvalue weighted by Crippen LogP contribution is -2.39. The second-order valence-electron chi connectivity index (χ2n) is 5.30. The molecule has 0 spiro atoms. The van der Waals surface area contributed by atoms with Crippen molar-refractivity contribution in [2.75, 3.05) is 13.1 Å². The Morgan fingerprint density at radius 2 is 2.17 bits per heavy atom. The van der Waals surface area contributed by atoms with E-state index in [0.29, 0.717) is 18.0 Å². The zero-order valence-corrected chi connectivity index (χ0v) is 14.4. The lowest BCUT2D eigenvalue weighted by molar-refractivity contribution is 0.709. The molecule has 1 heterocycles. The van der Waals surface area contributed by atoms with Gasteiger partial charge in [-0.3, -0.25) is 0 Å². The van der Waals surface area contributed by atoms with Crippen LogP contribution in [-0.2, 0) is 6.54 Å². The molecule has 0 amide bonds. The summed E-state index contributed by atoms with van der Waals surface area (Å²) in [6.07, 6.45) is 0. The number of benzene rings is 1. The summed E-state index contributed by atoms with van der Waals surface area (Å²) in [7, 11) is 0. The number of rotatable bonds is 6. The van der Waals surface area contributed by atoms with Gasteiger partial charge in [-0.2, -0.15) is 5.26 Å². The van der Waals surface area contributed by atoms with Crippen LogP contribution in [0, 0.1) is 11.3 Å². The fourth-order valence-corrected chi connectivity index (χ4v) is 2.96. The molecule has 120 valence electrons. The van der Waals surface area contributed by atoms with Crippen LogP contribution >= 0.6 is 11.3 Å². The zero-order chi connectivity index (χ0) is 16.5. The summed E-state index contributed by atoms with van der Waals surface area (Å²) in [5.41, 5.74) is 1.70. The van der Waals surface area contributed by atoms with Gasteiger partial charge in [0.1, 0.15) is 0 Å². The molecule has 23 heavy (non-hydrogen) atoms. The summed E-state index contributed by atoms with van der Waals surface area (Å²) < 4.78 is 0. The van der Waals surface area contributed by atoms with E-state index in [4.69, 9.17) is 5.26 Å². The van der Waals surface area contributed by atoms with Gasteiger partial charge in [-0.25, -0.2) is 4.99 Å². The van der Waals surface area contributed by atoms with E-state index < -0.39 is 0 Å². The van der Waals surface area contributed by atoms with E-state index >= 15 is 0 Å². The van der Waals surface area contributed by atoms with Gasteiger partial charge in [-0.1, -0.05) is 25.1 Å². The van der Waals surface area contributed by atoms with Crippen molar-refractivity contribution in [1.29, 1.82) is 5.26 Å². The number of nitrogens with zero attached hydrogens (tertiary/aromatic N) is 2. The molecular formula is C18H22N4S. The Balaban J connectivity index is 1.95. The van der Waals surface area contributed by atoms with Gasteiger partial charge in [0.25, 0.3) is 0 Å². The molecule has 1 aromatic heterocycles. The molecular weight excluding hydrogens is 304 g/mol. The maximum Gasteiger partial charge on any atom is 0.191 e. The number of hydrogen-bond acceptors (Lipinski definition) is 3. The van der Waals surface area contributed by atoms with Gasteiger partial charge in [0.15, 0.2) is 5.96 Å². The topological polar surface area (TPSA) is 60.2 Å². The second-order valence-corrected chi connectivity index (χ2v) is 6.28. The van der Waals surface area contributed by atoms with Crippen molar-refractivity contribution in [2.24, 2.45) is 4.99 Å². The Morgan fingerprint density at radius 3 is 2.87 bits per heavy atom. The van der Waals surface area contributed by atoms with Gasteiger partial charge in [-0.15, -0.1) is 11.3 Å². The summed E-state index contributed by atoms with van der Waals surface area (Å²) in [6, 6.07) is 14.0. The van der Waals surface area contributed by atoms with E-state index in [0.717, 1.165) is 24.6 Å². The quantitative estimate of drug-likeness (QED) is 0.631. The van der Waals surface area contributed by atoms with Crippen molar-refractivity contribution in [3.05, 3.63) is 57.8 Å². The molecule has 0 bridgehead atoms. The lowest BCUT2D eigenvalue weighted by atomic mass is 10.1. The molecule has 0 radical (unpaired) electrons. The third-order valence-corrected chi connectivity index (χ3v) is 4.53. The van der Waals surface area contributed by atoms with Crippen molar-refractivity contribution in [2.45, 2.75) is 26.3 Å². The van der Waals surface area contributed by atoms with E-state index in [1.165, 1.54) is 4.88 Å². The Bertz CT molecular complexity index is 671. The van der Waals surface area contributed by atoms with Gasteiger partial charge in [0.2, 0.25) is 0 Å². The molecule has 0 saturated carbocycles. The van der Waals surface area contributed by atoms with Crippen molar-refractivity contribution in [3.63, 3.8) is 0 Å². The molecule has 0 aliphatic rings. The number of nitriles is 1. The standard InChI is InChI=1S/C18H22N4S/c1-3-20-18(21-12-14(2)17-8-5-9-23-17)22-13-16-7-4-6-15(10-16)11-19/h4-10,14H,3,12-13H2,1-2H3,(H2,20,21,22). The molecule has 4 nitrogen and oxygen atoms in total.